The van der Waals surface area contributed by atoms with E-state index in [0.29, 0.717) is 19.6 Å². The SMILES string of the molecule is O=C(CN1CCOCC1)N1CCN(Cc2nnnn2Cc2ccccc2)CC1. The maximum atomic E-state index is 12.5. The Hall–Kier alpha value is -2.36. The molecule has 4 rings (SSSR count). The molecule has 0 atom stereocenters. The van der Waals surface area contributed by atoms with Gasteiger partial charge in [-0.2, -0.15) is 0 Å². The summed E-state index contributed by atoms with van der Waals surface area (Å²) in [5.41, 5.74) is 1.18. The number of carbonyl (C=O) groups is 1. The van der Waals surface area contributed by atoms with Crippen molar-refractivity contribution in [3.05, 3.63) is 41.7 Å². The summed E-state index contributed by atoms with van der Waals surface area (Å²) in [6.07, 6.45) is 0. The lowest BCUT2D eigenvalue weighted by atomic mass is 10.2. The molecule has 1 amide bonds. The van der Waals surface area contributed by atoms with Gasteiger partial charge in [0.1, 0.15) is 0 Å². The Bertz CT molecular complexity index is 753. The van der Waals surface area contributed by atoms with E-state index in [9.17, 15) is 4.79 Å². The molecule has 0 spiro atoms. The summed E-state index contributed by atoms with van der Waals surface area (Å²) in [7, 11) is 0. The Morgan fingerprint density at radius 2 is 1.68 bits per heavy atom. The van der Waals surface area contributed by atoms with Gasteiger partial charge in [-0.3, -0.25) is 14.6 Å². The Balaban J connectivity index is 1.26. The fourth-order valence-electron chi connectivity index (χ4n) is 3.62. The molecule has 1 aromatic heterocycles. The number of ether oxygens (including phenoxy) is 1. The predicted octanol–water partition coefficient (Wildman–Crippen LogP) is -0.302. The minimum Gasteiger partial charge on any atom is -0.379 e. The number of benzene rings is 1. The second-order valence-corrected chi connectivity index (χ2v) is 7.28. The number of aromatic nitrogens is 4. The van der Waals surface area contributed by atoms with Crippen molar-refractivity contribution in [2.45, 2.75) is 13.1 Å². The third-order valence-electron chi connectivity index (χ3n) is 5.33. The summed E-state index contributed by atoms with van der Waals surface area (Å²) in [6.45, 7) is 8.18. The normalized spacial score (nSPS) is 19.1. The summed E-state index contributed by atoms with van der Waals surface area (Å²) in [5.74, 6) is 1.08. The highest BCUT2D eigenvalue weighted by Gasteiger charge is 2.24. The van der Waals surface area contributed by atoms with E-state index in [1.165, 1.54) is 5.56 Å². The van der Waals surface area contributed by atoms with Crippen molar-refractivity contribution < 1.29 is 9.53 Å². The first-order valence-corrected chi connectivity index (χ1v) is 9.87. The first-order chi connectivity index (χ1) is 13.8. The Labute approximate surface area is 164 Å². The topological polar surface area (TPSA) is 79.6 Å². The largest absolute Gasteiger partial charge is 0.379 e. The number of hydrogen-bond donors (Lipinski definition) is 0. The second kappa shape index (κ2) is 9.22. The zero-order valence-corrected chi connectivity index (χ0v) is 16.1. The summed E-state index contributed by atoms with van der Waals surface area (Å²) in [6, 6.07) is 10.2. The van der Waals surface area contributed by atoms with E-state index in [1.807, 2.05) is 27.8 Å². The van der Waals surface area contributed by atoms with Gasteiger partial charge in [0.2, 0.25) is 5.91 Å². The smallest absolute Gasteiger partial charge is 0.236 e. The third kappa shape index (κ3) is 4.92. The van der Waals surface area contributed by atoms with E-state index in [0.717, 1.165) is 58.3 Å². The molecule has 2 saturated heterocycles. The Morgan fingerprint density at radius 3 is 2.43 bits per heavy atom. The molecule has 9 nitrogen and oxygen atoms in total. The zero-order chi connectivity index (χ0) is 19.2. The number of morpholine rings is 1. The minimum atomic E-state index is 0.218. The molecular formula is C19H27N7O2. The predicted molar refractivity (Wildman–Crippen MR) is 102 cm³/mol. The quantitative estimate of drug-likeness (QED) is 0.675. The van der Waals surface area contributed by atoms with Crippen LogP contribution in [0.5, 0.6) is 0 Å². The van der Waals surface area contributed by atoms with Gasteiger partial charge in [-0.15, -0.1) is 5.10 Å². The highest BCUT2D eigenvalue weighted by molar-refractivity contribution is 5.78. The maximum absolute atomic E-state index is 12.5. The number of amides is 1. The number of nitrogens with zero attached hydrogens (tertiary/aromatic N) is 7. The molecule has 0 saturated carbocycles. The molecular weight excluding hydrogens is 358 g/mol. The van der Waals surface area contributed by atoms with Crippen LogP contribution in [0.4, 0.5) is 0 Å². The van der Waals surface area contributed by atoms with Crippen LogP contribution in [0.25, 0.3) is 0 Å². The molecule has 2 aliphatic rings. The zero-order valence-electron chi connectivity index (χ0n) is 16.1. The van der Waals surface area contributed by atoms with E-state index in [4.69, 9.17) is 4.74 Å². The van der Waals surface area contributed by atoms with Gasteiger partial charge < -0.3 is 9.64 Å². The van der Waals surface area contributed by atoms with E-state index in [1.54, 1.807) is 0 Å². The molecule has 2 fully saturated rings. The first kappa shape index (κ1) is 19.0. The summed E-state index contributed by atoms with van der Waals surface area (Å²) < 4.78 is 7.20. The van der Waals surface area contributed by atoms with Crippen molar-refractivity contribution in [3.63, 3.8) is 0 Å². The minimum absolute atomic E-state index is 0.218. The van der Waals surface area contributed by atoms with Crippen LogP contribution in [0.15, 0.2) is 30.3 Å². The number of rotatable bonds is 6. The highest BCUT2D eigenvalue weighted by atomic mass is 16.5. The molecule has 150 valence electrons. The van der Waals surface area contributed by atoms with Crippen LogP contribution >= 0.6 is 0 Å². The van der Waals surface area contributed by atoms with Crippen molar-refractivity contribution in [2.75, 3.05) is 59.0 Å². The summed E-state index contributed by atoms with van der Waals surface area (Å²) in [5, 5.41) is 12.2. The fourth-order valence-corrected chi connectivity index (χ4v) is 3.62. The van der Waals surface area contributed by atoms with Gasteiger partial charge in [0.05, 0.1) is 32.8 Å². The molecule has 2 aromatic rings. The van der Waals surface area contributed by atoms with Crippen molar-refractivity contribution in [1.29, 1.82) is 0 Å². The second-order valence-electron chi connectivity index (χ2n) is 7.28. The average molecular weight is 385 g/mol. The monoisotopic (exact) mass is 385 g/mol. The molecule has 0 unspecified atom stereocenters. The third-order valence-corrected chi connectivity index (χ3v) is 5.33. The van der Waals surface area contributed by atoms with Crippen LogP contribution in [-0.2, 0) is 22.6 Å². The molecule has 0 N–H and O–H groups in total. The molecule has 1 aromatic carbocycles. The molecule has 0 bridgehead atoms. The lowest BCUT2D eigenvalue weighted by molar-refractivity contribution is -0.135. The number of hydrogen-bond acceptors (Lipinski definition) is 7. The van der Waals surface area contributed by atoms with Gasteiger partial charge in [-0.25, -0.2) is 4.68 Å². The van der Waals surface area contributed by atoms with Crippen LogP contribution < -0.4 is 0 Å². The van der Waals surface area contributed by atoms with Crippen molar-refractivity contribution in [2.24, 2.45) is 0 Å². The van der Waals surface area contributed by atoms with Gasteiger partial charge in [-0.05, 0) is 16.0 Å². The van der Waals surface area contributed by atoms with E-state index < -0.39 is 0 Å². The van der Waals surface area contributed by atoms with Crippen LogP contribution in [-0.4, -0.2) is 99.8 Å². The lowest BCUT2D eigenvalue weighted by Crippen LogP contribution is -2.52. The highest BCUT2D eigenvalue weighted by Crippen LogP contribution is 2.09. The maximum Gasteiger partial charge on any atom is 0.236 e. The number of carbonyl (C=O) groups excluding carboxylic acids is 1. The first-order valence-electron chi connectivity index (χ1n) is 9.87. The molecule has 9 heteroatoms. The average Bonchev–Trinajstić information content (AvgIpc) is 3.16. The van der Waals surface area contributed by atoms with Crippen molar-refractivity contribution >= 4 is 5.91 Å². The Kier molecular flexibility index (Phi) is 6.25. The van der Waals surface area contributed by atoms with E-state index >= 15 is 0 Å². The van der Waals surface area contributed by atoms with E-state index in [2.05, 4.69) is 37.5 Å². The van der Waals surface area contributed by atoms with Gasteiger partial charge in [-0.1, -0.05) is 30.3 Å². The molecule has 0 aliphatic carbocycles. The fraction of sp³-hybridized carbons (Fsp3) is 0.579. The van der Waals surface area contributed by atoms with Gasteiger partial charge in [0.25, 0.3) is 0 Å². The summed E-state index contributed by atoms with van der Waals surface area (Å²) >= 11 is 0. The summed E-state index contributed by atoms with van der Waals surface area (Å²) in [4.78, 5) is 19.0. The molecule has 2 aliphatic heterocycles. The molecule has 3 heterocycles. The number of tetrazole rings is 1. The standard InChI is InChI=1S/C19H27N7O2/c27-19(16-24-10-12-28-13-11-24)25-8-6-23(7-9-25)15-18-20-21-22-26(18)14-17-4-2-1-3-5-17/h1-5H,6-16H2. The van der Waals surface area contributed by atoms with Crippen LogP contribution in [0.3, 0.4) is 0 Å². The number of piperazine rings is 1. The van der Waals surface area contributed by atoms with E-state index in [-0.39, 0.29) is 5.91 Å². The Morgan fingerprint density at radius 1 is 0.929 bits per heavy atom. The van der Waals surface area contributed by atoms with Crippen molar-refractivity contribution in [3.8, 4) is 0 Å². The van der Waals surface area contributed by atoms with Crippen LogP contribution in [0.1, 0.15) is 11.4 Å². The van der Waals surface area contributed by atoms with Crippen LogP contribution in [0, 0.1) is 0 Å². The molecule has 28 heavy (non-hydrogen) atoms. The van der Waals surface area contributed by atoms with Crippen molar-refractivity contribution in [1.82, 2.24) is 34.9 Å². The van der Waals surface area contributed by atoms with Gasteiger partial charge in [0, 0.05) is 39.3 Å². The molecule has 0 radical (unpaired) electrons. The van der Waals surface area contributed by atoms with Gasteiger partial charge in [0.15, 0.2) is 5.82 Å². The lowest BCUT2D eigenvalue weighted by Gasteiger charge is -2.36. The van der Waals surface area contributed by atoms with Gasteiger partial charge >= 0.3 is 0 Å². The van der Waals surface area contributed by atoms with Crippen LogP contribution in [0.2, 0.25) is 0 Å².